The molecule has 5 heteroatoms. The van der Waals surface area contributed by atoms with Gasteiger partial charge in [0.25, 0.3) is 0 Å². The third kappa shape index (κ3) is 6.29. The molecule has 1 aromatic carbocycles. The van der Waals surface area contributed by atoms with E-state index in [-0.39, 0.29) is 24.7 Å². The summed E-state index contributed by atoms with van der Waals surface area (Å²) in [6.45, 7) is 6.47. The summed E-state index contributed by atoms with van der Waals surface area (Å²) < 4.78 is 5.60. The van der Waals surface area contributed by atoms with Crippen molar-refractivity contribution in [3.8, 4) is 5.75 Å². The summed E-state index contributed by atoms with van der Waals surface area (Å²) >= 11 is 0. The highest BCUT2D eigenvalue weighted by molar-refractivity contribution is 5.76. The molecule has 0 saturated carbocycles. The van der Waals surface area contributed by atoms with E-state index in [4.69, 9.17) is 9.84 Å². The number of carbonyl (C=O) groups excluding carboxylic acids is 1. The first-order chi connectivity index (χ1) is 9.90. The third-order valence-electron chi connectivity index (χ3n) is 3.31. The van der Waals surface area contributed by atoms with Gasteiger partial charge in [0, 0.05) is 13.0 Å². The van der Waals surface area contributed by atoms with E-state index in [1.165, 1.54) is 0 Å². The molecule has 0 saturated heterocycles. The van der Waals surface area contributed by atoms with Crippen molar-refractivity contribution in [1.29, 1.82) is 0 Å². The highest BCUT2D eigenvalue weighted by atomic mass is 16.5. The highest BCUT2D eigenvalue weighted by Crippen LogP contribution is 2.20. The van der Waals surface area contributed by atoms with Gasteiger partial charge in [0.1, 0.15) is 5.75 Å². The van der Waals surface area contributed by atoms with Crippen molar-refractivity contribution in [2.45, 2.75) is 33.6 Å². The molecule has 1 atom stereocenters. The van der Waals surface area contributed by atoms with Crippen molar-refractivity contribution in [1.82, 2.24) is 5.32 Å². The molecule has 1 unspecified atom stereocenters. The average Bonchev–Trinajstić information content (AvgIpc) is 2.40. The number of rotatable bonds is 8. The lowest BCUT2D eigenvalue weighted by Gasteiger charge is -2.12. The molecule has 0 spiro atoms. The Balaban J connectivity index is 2.27. The molecule has 116 valence electrons. The van der Waals surface area contributed by atoms with Crippen LogP contribution < -0.4 is 10.1 Å². The van der Waals surface area contributed by atoms with Crippen LogP contribution in [0.25, 0.3) is 0 Å². The molecule has 1 amide bonds. The fourth-order valence-electron chi connectivity index (χ4n) is 1.88. The van der Waals surface area contributed by atoms with Crippen LogP contribution in [-0.2, 0) is 9.59 Å². The van der Waals surface area contributed by atoms with E-state index in [1.807, 2.05) is 32.0 Å². The summed E-state index contributed by atoms with van der Waals surface area (Å²) in [6.07, 6.45) is 0.312. The third-order valence-corrected chi connectivity index (χ3v) is 3.31. The van der Waals surface area contributed by atoms with Crippen LogP contribution in [-0.4, -0.2) is 30.1 Å². The van der Waals surface area contributed by atoms with E-state index in [2.05, 4.69) is 5.32 Å². The number of carboxylic acids is 1. The van der Waals surface area contributed by atoms with Crippen LogP contribution in [0.3, 0.4) is 0 Å². The van der Waals surface area contributed by atoms with Gasteiger partial charge in [-0.3, -0.25) is 9.59 Å². The maximum Gasteiger partial charge on any atom is 0.303 e. The van der Waals surface area contributed by atoms with Crippen molar-refractivity contribution in [2.75, 3.05) is 13.2 Å². The van der Waals surface area contributed by atoms with Gasteiger partial charge < -0.3 is 15.2 Å². The highest BCUT2D eigenvalue weighted by Gasteiger charge is 2.09. The zero-order valence-electron chi connectivity index (χ0n) is 12.8. The quantitative estimate of drug-likeness (QED) is 0.771. The van der Waals surface area contributed by atoms with Crippen LogP contribution in [0, 0.1) is 19.8 Å². The van der Waals surface area contributed by atoms with Gasteiger partial charge in [-0.05, 0) is 37.0 Å². The van der Waals surface area contributed by atoms with Gasteiger partial charge in [-0.1, -0.05) is 19.1 Å². The van der Waals surface area contributed by atoms with Crippen LogP contribution in [0.15, 0.2) is 18.2 Å². The molecular weight excluding hydrogens is 270 g/mol. The molecule has 0 aliphatic carbocycles. The Morgan fingerprint density at radius 2 is 2.05 bits per heavy atom. The summed E-state index contributed by atoms with van der Waals surface area (Å²) in [5.74, 6) is -0.263. The molecular formula is C16H23NO4. The van der Waals surface area contributed by atoms with Gasteiger partial charge in [0.05, 0.1) is 13.0 Å². The van der Waals surface area contributed by atoms with E-state index in [0.717, 1.165) is 16.9 Å². The van der Waals surface area contributed by atoms with E-state index < -0.39 is 5.97 Å². The maximum atomic E-state index is 11.6. The minimum absolute atomic E-state index is 0.0548. The topological polar surface area (TPSA) is 75.6 Å². The Morgan fingerprint density at radius 1 is 1.33 bits per heavy atom. The summed E-state index contributed by atoms with van der Waals surface area (Å²) in [5, 5.41) is 11.4. The van der Waals surface area contributed by atoms with Gasteiger partial charge in [-0.15, -0.1) is 0 Å². The molecule has 0 bridgehead atoms. The number of hydrogen-bond acceptors (Lipinski definition) is 3. The molecule has 0 fully saturated rings. The van der Waals surface area contributed by atoms with Crippen LogP contribution in [0.5, 0.6) is 5.75 Å². The molecule has 0 heterocycles. The largest absolute Gasteiger partial charge is 0.493 e. The Hall–Kier alpha value is -2.04. The number of carbonyl (C=O) groups is 2. The zero-order valence-corrected chi connectivity index (χ0v) is 12.8. The lowest BCUT2D eigenvalue weighted by atomic mass is 10.1. The molecule has 0 radical (unpaired) electrons. The fraction of sp³-hybridized carbons (Fsp3) is 0.500. The number of benzene rings is 1. The van der Waals surface area contributed by atoms with E-state index in [1.54, 1.807) is 6.92 Å². The summed E-state index contributed by atoms with van der Waals surface area (Å²) in [7, 11) is 0. The summed E-state index contributed by atoms with van der Waals surface area (Å²) in [4.78, 5) is 22.1. The molecule has 0 aliphatic rings. The number of carboxylic acid groups (broad SMARTS) is 1. The van der Waals surface area contributed by atoms with Crippen molar-refractivity contribution in [3.63, 3.8) is 0 Å². The van der Waals surface area contributed by atoms with Crippen LogP contribution in [0.2, 0.25) is 0 Å². The molecule has 21 heavy (non-hydrogen) atoms. The molecule has 5 nitrogen and oxygen atoms in total. The first-order valence-electron chi connectivity index (χ1n) is 7.07. The molecule has 1 rings (SSSR count). The van der Waals surface area contributed by atoms with E-state index in [0.29, 0.717) is 13.2 Å². The number of nitrogens with one attached hydrogen (secondary N) is 1. The average molecular weight is 293 g/mol. The van der Waals surface area contributed by atoms with Crippen LogP contribution >= 0.6 is 0 Å². The van der Waals surface area contributed by atoms with Crippen LogP contribution in [0.1, 0.15) is 30.9 Å². The van der Waals surface area contributed by atoms with Crippen molar-refractivity contribution in [2.24, 2.45) is 5.92 Å². The number of aryl methyl sites for hydroxylation is 1. The monoisotopic (exact) mass is 293 g/mol. The van der Waals surface area contributed by atoms with Gasteiger partial charge in [-0.25, -0.2) is 0 Å². The summed E-state index contributed by atoms with van der Waals surface area (Å²) in [6, 6.07) is 5.82. The number of hydrogen-bond donors (Lipinski definition) is 2. The Labute approximate surface area is 125 Å². The predicted octanol–water partition coefficient (Wildman–Crippen LogP) is 2.30. The first-order valence-corrected chi connectivity index (χ1v) is 7.07. The lowest BCUT2D eigenvalue weighted by Crippen LogP contribution is -2.30. The maximum absolute atomic E-state index is 11.6. The van der Waals surface area contributed by atoms with Crippen molar-refractivity contribution < 1.29 is 19.4 Å². The summed E-state index contributed by atoms with van der Waals surface area (Å²) in [5.41, 5.74) is 2.23. The minimum Gasteiger partial charge on any atom is -0.493 e. The Bertz CT molecular complexity index is 499. The van der Waals surface area contributed by atoms with Gasteiger partial charge >= 0.3 is 5.97 Å². The SMILES string of the molecule is Cc1cccc(OCCC(=O)NCC(C)CC(=O)O)c1C. The fourth-order valence-corrected chi connectivity index (χ4v) is 1.88. The molecule has 2 N–H and O–H groups in total. The number of ether oxygens (including phenoxy) is 1. The standard InChI is InChI=1S/C16H23NO4/c1-11(9-16(19)20)10-17-15(18)7-8-21-14-6-4-5-12(2)13(14)3/h4-6,11H,7-10H2,1-3H3,(H,17,18)(H,19,20). The van der Waals surface area contributed by atoms with Gasteiger partial charge in [0.15, 0.2) is 0 Å². The first kappa shape index (κ1) is 17.0. The second kappa shape index (κ2) is 8.29. The smallest absolute Gasteiger partial charge is 0.303 e. The second-order valence-corrected chi connectivity index (χ2v) is 5.30. The van der Waals surface area contributed by atoms with Gasteiger partial charge in [0.2, 0.25) is 5.91 Å². The zero-order chi connectivity index (χ0) is 15.8. The normalized spacial score (nSPS) is 11.8. The Morgan fingerprint density at radius 3 is 2.71 bits per heavy atom. The molecule has 0 aliphatic heterocycles. The van der Waals surface area contributed by atoms with Crippen LogP contribution in [0.4, 0.5) is 0 Å². The predicted molar refractivity (Wildman–Crippen MR) is 80.5 cm³/mol. The number of amides is 1. The van der Waals surface area contributed by atoms with Gasteiger partial charge in [-0.2, -0.15) is 0 Å². The van der Waals surface area contributed by atoms with E-state index in [9.17, 15) is 9.59 Å². The van der Waals surface area contributed by atoms with E-state index >= 15 is 0 Å². The van der Waals surface area contributed by atoms with Crippen molar-refractivity contribution >= 4 is 11.9 Å². The molecule has 1 aromatic rings. The Kier molecular flexibility index (Phi) is 6.72. The lowest BCUT2D eigenvalue weighted by molar-refractivity contribution is -0.138. The number of aliphatic carboxylic acids is 1. The molecule has 0 aromatic heterocycles. The minimum atomic E-state index is -0.852. The van der Waals surface area contributed by atoms with Crippen molar-refractivity contribution in [3.05, 3.63) is 29.3 Å². The second-order valence-electron chi connectivity index (χ2n) is 5.30.